The molecule has 84 valence electrons. The highest BCUT2D eigenvalue weighted by atomic mass is 35.5. The number of benzene rings is 1. The summed E-state index contributed by atoms with van der Waals surface area (Å²) in [6.45, 7) is 0. The molecule has 0 saturated carbocycles. The van der Waals surface area contributed by atoms with Gasteiger partial charge in [0.15, 0.2) is 0 Å². The van der Waals surface area contributed by atoms with Crippen molar-refractivity contribution in [2.75, 3.05) is 13.0 Å². The number of methoxy groups -OCH3 is 1. The Hall–Kier alpha value is -0.730. The van der Waals surface area contributed by atoms with E-state index < -0.39 is 6.10 Å². The van der Waals surface area contributed by atoms with Crippen molar-refractivity contribution in [2.45, 2.75) is 25.4 Å². The molecule has 1 atom stereocenters. The number of unbranched alkanes of at least 4 members (excludes halogenated alkanes) is 1. The number of hydrogen-bond donors (Lipinski definition) is 1. The van der Waals surface area contributed by atoms with E-state index in [2.05, 4.69) is 0 Å². The zero-order valence-corrected chi connectivity index (χ0v) is 9.70. The van der Waals surface area contributed by atoms with Gasteiger partial charge >= 0.3 is 0 Å². The van der Waals surface area contributed by atoms with Crippen molar-refractivity contribution in [2.24, 2.45) is 0 Å². The van der Waals surface area contributed by atoms with Crippen LogP contribution in [0.1, 0.15) is 30.9 Å². The average Bonchev–Trinajstić information content (AvgIpc) is 2.29. The molecule has 1 rings (SSSR count). The Kier molecular flexibility index (Phi) is 5.51. The average molecular weight is 229 g/mol. The first kappa shape index (κ1) is 12.3. The maximum absolute atomic E-state index is 9.87. The predicted octanol–water partition coefficient (Wildman–Crippen LogP) is 3.14. The molecular formula is C12H17ClO2. The second-order valence-corrected chi connectivity index (χ2v) is 3.86. The van der Waals surface area contributed by atoms with Gasteiger partial charge in [0, 0.05) is 5.88 Å². The summed E-state index contributed by atoms with van der Waals surface area (Å²) >= 11 is 5.58. The van der Waals surface area contributed by atoms with E-state index in [-0.39, 0.29) is 0 Å². The van der Waals surface area contributed by atoms with Crippen LogP contribution in [0.15, 0.2) is 24.3 Å². The molecule has 0 heterocycles. The fourth-order valence-electron chi connectivity index (χ4n) is 1.45. The van der Waals surface area contributed by atoms with Gasteiger partial charge in [-0.25, -0.2) is 0 Å². The van der Waals surface area contributed by atoms with Gasteiger partial charge < -0.3 is 9.84 Å². The van der Waals surface area contributed by atoms with Crippen LogP contribution in [-0.2, 0) is 0 Å². The van der Waals surface area contributed by atoms with Crippen molar-refractivity contribution in [3.05, 3.63) is 29.8 Å². The lowest BCUT2D eigenvalue weighted by Gasteiger charge is -2.11. The van der Waals surface area contributed by atoms with Crippen molar-refractivity contribution in [1.29, 1.82) is 0 Å². The topological polar surface area (TPSA) is 29.5 Å². The van der Waals surface area contributed by atoms with Crippen LogP contribution in [0.5, 0.6) is 5.75 Å². The third kappa shape index (κ3) is 4.10. The minimum absolute atomic E-state index is 0.414. The first-order valence-electron chi connectivity index (χ1n) is 5.16. The molecule has 1 aromatic carbocycles. The predicted molar refractivity (Wildman–Crippen MR) is 62.5 cm³/mol. The molecule has 3 heteroatoms. The van der Waals surface area contributed by atoms with Crippen LogP contribution in [-0.4, -0.2) is 18.1 Å². The molecule has 0 saturated heterocycles. The molecule has 0 spiro atoms. The van der Waals surface area contributed by atoms with Crippen LogP contribution in [0.25, 0.3) is 0 Å². The van der Waals surface area contributed by atoms with Crippen LogP contribution in [0.2, 0.25) is 0 Å². The number of ether oxygens (including phenoxy) is 1. The molecule has 0 amide bonds. The molecule has 0 aromatic heterocycles. The summed E-state index contributed by atoms with van der Waals surface area (Å²) in [5, 5.41) is 9.87. The Morgan fingerprint density at radius 2 is 2.20 bits per heavy atom. The fraction of sp³-hybridized carbons (Fsp3) is 0.500. The molecule has 1 N–H and O–H groups in total. The first-order valence-corrected chi connectivity index (χ1v) is 5.69. The van der Waals surface area contributed by atoms with E-state index >= 15 is 0 Å². The zero-order valence-electron chi connectivity index (χ0n) is 8.95. The molecule has 0 fully saturated rings. The highest BCUT2D eigenvalue weighted by Gasteiger charge is 2.07. The number of alkyl halides is 1. The summed E-state index contributed by atoms with van der Waals surface area (Å²) in [7, 11) is 1.62. The van der Waals surface area contributed by atoms with Gasteiger partial charge in [0.1, 0.15) is 5.75 Å². The van der Waals surface area contributed by atoms with Crippen LogP contribution >= 0.6 is 11.6 Å². The lowest BCUT2D eigenvalue weighted by atomic mass is 10.0. The molecule has 1 aromatic rings. The number of aliphatic hydroxyl groups excluding tert-OH is 1. The number of aliphatic hydroxyl groups is 1. The van der Waals surface area contributed by atoms with E-state index in [1.807, 2.05) is 24.3 Å². The molecule has 1 unspecified atom stereocenters. The summed E-state index contributed by atoms with van der Waals surface area (Å²) in [4.78, 5) is 0. The molecular weight excluding hydrogens is 212 g/mol. The SMILES string of the molecule is COc1cccc(C(O)CCCCCl)c1. The monoisotopic (exact) mass is 228 g/mol. The maximum Gasteiger partial charge on any atom is 0.119 e. The first-order chi connectivity index (χ1) is 7.27. The minimum Gasteiger partial charge on any atom is -0.497 e. The smallest absolute Gasteiger partial charge is 0.119 e. The Morgan fingerprint density at radius 3 is 2.87 bits per heavy atom. The van der Waals surface area contributed by atoms with E-state index in [0.29, 0.717) is 5.88 Å². The van der Waals surface area contributed by atoms with E-state index in [1.165, 1.54) is 0 Å². The van der Waals surface area contributed by atoms with E-state index in [0.717, 1.165) is 30.6 Å². The lowest BCUT2D eigenvalue weighted by molar-refractivity contribution is 0.164. The summed E-state index contributed by atoms with van der Waals surface area (Å²) in [5.74, 6) is 1.44. The van der Waals surface area contributed by atoms with Crippen LogP contribution < -0.4 is 4.74 Å². The Morgan fingerprint density at radius 1 is 1.40 bits per heavy atom. The molecule has 0 aliphatic heterocycles. The van der Waals surface area contributed by atoms with Crippen molar-refractivity contribution in [3.63, 3.8) is 0 Å². The summed E-state index contributed by atoms with van der Waals surface area (Å²) in [6, 6.07) is 7.53. The van der Waals surface area contributed by atoms with Crippen LogP contribution in [0.3, 0.4) is 0 Å². The summed E-state index contributed by atoms with van der Waals surface area (Å²) in [5.41, 5.74) is 0.906. The van der Waals surface area contributed by atoms with Gasteiger partial charge in [-0.3, -0.25) is 0 Å². The Labute approximate surface area is 95.8 Å². The number of hydrogen-bond acceptors (Lipinski definition) is 2. The standard InChI is InChI=1S/C12H17ClO2/c1-15-11-6-4-5-10(9-11)12(14)7-2-3-8-13/h4-6,9,12,14H,2-3,7-8H2,1H3. The zero-order chi connectivity index (χ0) is 11.1. The largest absolute Gasteiger partial charge is 0.497 e. The Balaban J connectivity index is 2.52. The van der Waals surface area contributed by atoms with Crippen molar-refractivity contribution in [3.8, 4) is 5.75 Å². The molecule has 2 nitrogen and oxygen atoms in total. The van der Waals surface area contributed by atoms with Crippen molar-refractivity contribution >= 4 is 11.6 Å². The molecule has 0 bridgehead atoms. The lowest BCUT2D eigenvalue weighted by Crippen LogP contribution is -1.98. The van der Waals surface area contributed by atoms with Gasteiger partial charge in [-0.15, -0.1) is 11.6 Å². The van der Waals surface area contributed by atoms with E-state index in [1.54, 1.807) is 7.11 Å². The van der Waals surface area contributed by atoms with Gasteiger partial charge in [0.05, 0.1) is 13.2 Å². The highest BCUT2D eigenvalue weighted by Crippen LogP contribution is 2.22. The third-order valence-corrected chi connectivity index (χ3v) is 2.61. The number of rotatable bonds is 6. The Bertz CT molecular complexity index is 289. The number of halogens is 1. The van der Waals surface area contributed by atoms with Gasteiger partial charge in [0.25, 0.3) is 0 Å². The second kappa shape index (κ2) is 6.70. The molecule has 15 heavy (non-hydrogen) atoms. The summed E-state index contributed by atoms with van der Waals surface area (Å²) < 4.78 is 5.10. The van der Waals surface area contributed by atoms with Crippen LogP contribution in [0, 0.1) is 0 Å². The highest BCUT2D eigenvalue weighted by molar-refractivity contribution is 6.17. The minimum atomic E-state index is -0.414. The normalized spacial score (nSPS) is 12.5. The van der Waals surface area contributed by atoms with Gasteiger partial charge in [-0.2, -0.15) is 0 Å². The van der Waals surface area contributed by atoms with E-state index in [9.17, 15) is 5.11 Å². The second-order valence-electron chi connectivity index (χ2n) is 3.48. The molecule has 0 aliphatic carbocycles. The van der Waals surface area contributed by atoms with Gasteiger partial charge in [-0.05, 0) is 37.0 Å². The van der Waals surface area contributed by atoms with Gasteiger partial charge in [-0.1, -0.05) is 12.1 Å². The third-order valence-electron chi connectivity index (χ3n) is 2.34. The quantitative estimate of drug-likeness (QED) is 0.599. The van der Waals surface area contributed by atoms with E-state index in [4.69, 9.17) is 16.3 Å². The van der Waals surface area contributed by atoms with Crippen LogP contribution in [0.4, 0.5) is 0 Å². The maximum atomic E-state index is 9.87. The molecule has 0 radical (unpaired) electrons. The van der Waals surface area contributed by atoms with Crippen molar-refractivity contribution < 1.29 is 9.84 Å². The molecule has 0 aliphatic rings. The van der Waals surface area contributed by atoms with Gasteiger partial charge in [0.2, 0.25) is 0 Å². The fourth-order valence-corrected chi connectivity index (χ4v) is 1.64. The van der Waals surface area contributed by atoms with Crippen molar-refractivity contribution in [1.82, 2.24) is 0 Å². The summed E-state index contributed by atoms with van der Waals surface area (Å²) in [6.07, 6.45) is 2.23.